The number of ether oxygens (including phenoxy) is 1. The highest BCUT2D eigenvalue weighted by molar-refractivity contribution is 9.10. The Morgan fingerprint density at radius 1 is 1.38 bits per heavy atom. The Morgan fingerprint density at radius 3 is 3.15 bits per heavy atom. The van der Waals surface area contributed by atoms with Crippen LogP contribution >= 0.6 is 27.3 Å². The molecule has 3 aromatic rings. The van der Waals surface area contributed by atoms with Gasteiger partial charge in [-0.1, -0.05) is 27.2 Å². The largest absolute Gasteiger partial charge is 0.493 e. The molecular formula is C18H16BrN3O3S. The Bertz CT molecular complexity index is 910. The van der Waals surface area contributed by atoms with Gasteiger partial charge in [0.05, 0.1) is 17.5 Å². The zero-order valence-electron chi connectivity index (χ0n) is 13.8. The summed E-state index contributed by atoms with van der Waals surface area (Å²) >= 11 is 5.02. The number of hydrogen-bond acceptors (Lipinski definition) is 6. The molecule has 6 nitrogen and oxygen atoms in total. The van der Waals surface area contributed by atoms with E-state index in [0.717, 1.165) is 27.1 Å². The average Bonchev–Trinajstić information content (AvgIpc) is 3.32. The number of nitrogens with zero attached hydrogens (tertiary/aromatic N) is 2. The van der Waals surface area contributed by atoms with E-state index in [2.05, 4.69) is 31.4 Å². The second-order valence-electron chi connectivity index (χ2n) is 5.93. The number of hydrogen-bond donors (Lipinski definition) is 1. The summed E-state index contributed by atoms with van der Waals surface area (Å²) in [6, 6.07) is 9.67. The zero-order valence-corrected chi connectivity index (χ0v) is 16.2. The number of benzene rings is 1. The summed E-state index contributed by atoms with van der Waals surface area (Å²) in [5.74, 6) is 1.82. The third-order valence-corrected chi connectivity index (χ3v) is 5.48. The van der Waals surface area contributed by atoms with E-state index in [0.29, 0.717) is 31.2 Å². The van der Waals surface area contributed by atoms with Crippen molar-refractivity contribution in [1.29, 1.82) is 0 Å². The third kappa shape index (κ3) is 3.81. The quantitative estimate of drug-likeness (QED) is 0.654. The first-order valence-electron chi connectivity index (χ1n) is 8.27. The van der Waals surface area contributed by atoms with Gasteiger partial charge in [-0.3, -0.25) is 4.79 Å². The van der Waals surface area contributed by atoms with Gasteiger partial charge in [0.25, 0.3) is 0 Å². The monoisotopic (exact) mass is 433 g/mol. The fourth-order valence-electron chi connectivity index (χ4n) is 2.86. The van der Waals surface area contributed by atoms with Gasteiger partial charge < -0.3 is 14.6 Å². The summed E-state index contributed by atoms with van der Waals surface area (Å²) in [6.07, 6.45) is 1.46. The summed E-state index contributed by atoms with van der Waals surface area (Å²) in [7, 11) is 0. The van der Waals surface area contributed by atoms with Gasteiger partial charge in [0, 0.05) is 29.3 Å². The Balaban J connectivity index is 1.36. The standard InChI is InChI=1S/C18H16BrN3O3S/c19-11-3-4-14-12(10-11)13(7-8-24-14)20-16(23)5-6-17-21-18(22-25-17)15-2-1-9-26-15/h1-4,9-10,13H,5-8H2,(H,20,23). The molecule has 0 bridgehead atoms. The van der Waals surface area contributed by atoms with E-state index < -0.39 is 0 Å². The van der Waals surface area contributed by atoms with E-state index in [4.69, 9.17) is 9.26 Å². The van der Waals surface area contributed by atoms with Crippen LogP contribution in [0.15, 0.2) is 44.7 Å². The molecule has 0 spiro atoms. The van der Waals surface area contributed by atoms with Crippen molar-refractivity contribution in [1.82, 2.24) is 15.5 Å². The molecule has 0 saturated carbocycles. The van der Waals surface area contributed by atoms with Crippen molar-refractivity contribution in [2.24, 2.45) is 0 Å². The van der Waals surface area contributed by atoms with Crippen LogP contribution in [0.4, 0.5) is 0 Å². The number of nitrogens with one attached hydrogen (secondary N) is 1. The van der Waals surface area contributed by atoms with Crippen LogP contribution in [0.5, 0.6) is 5.75 Å². The number of carbonyl (C=O) groups excluding carboxylic acids is 1. The van der Waals surface area contributed by atoms with Gasteiger partial charge in [0.2, 0.25) is 17.6 Å². The molecule has 3 heterocycles. The molecule has 1 aliphatic heterocycles. The predicted octanol–water partition coefficient (Wildman–Crippen LogP) is 4.13. The van der Waals surface area contributed by atoms with Gasteiger partial charge in [-0.05, 0) is 29.6 Å². The van der Waals surface area contributed by atoms with Gasteiger partial charge in [-0.15, -0.1) is 11.3 Å². The van der Waals surface area contributed by atoms with Crippen molar-refractivity contribution < 1.29 is 14.1 Å². The van der Waals surface area contributed by atoms with E-state index in [-0.39, 0.29) is 11.9 Å². The second-order valence-corrected chi connectivity index (χ2v) is 7.79. The van der Waals surface area contributed by atoms with Gasteiger partial charge in [0.1, 0.15) is 5.75 Å². The van der Waals surface area contributed by atoms with Crippen molar-refractivity contribution in [3.05, 3.63) is 51.6 Å². The maximum atomic E-state index is 12.4. The fourth-order valence-corrected chi connectivity index (χ4v) is 3.89. The van der Waals surface area contributed by atoms with Crippen LogP contribution in [0.2, 0.25) is 0 Å². The molecule has 1 aliphatic rings. The maximum Gasteiger partial charge on any atom is 0.227 e. The number of carbonyl (C=O) groups is 1. The maximum absolute atomic E-state index is 12.4. The summed E-state index contributed by atoms with van der Waals surface area (Å²) in [4.78, 5) is 17.7. The molecule has 8 heteroatoms. The lowest BCUT2D eigenvalue weighted by molar-refractivity contribution is -0.122. The van der Waals surface area contributed by atoms with E-state index >= 15 is 0 Å². The molecule has 1 unspecified atom stereocenters. The molecule has 26 heavy (non-hydrogen) atoms. The molecule has 1 N–H and O–H groups in total. The predicted molar refractivity (Wildman–Crippen MR) is 101 cm³/mol. The van der Waals surface area contributed by atoms with Crippen molar-refractivity contribution in [2.45, 2.75) is 25.3 Å². The summed E-state index contributed by atoms with van der Waals surface area (Å²) < 4.78 is 11.9. The summed E-state index contributed by atoms with van der Waals surface area (Å²) in [5.41, 5.74) is 0.997. The van der Waals surface area contributed by atoms with Gasteiger partial charge >= 0.3 is 0 Å². The molecule has 0 aliphatic carbocycles. The average molecular weight is 434 g/mol. The highest BCUT2D eigenvalue weighted by atomic mass is 79.9. The number of aromatic nitrogens is 2. The van der Waals surface area contributed by atoms with Crippen LogP contribution < -0.4 is 10.1 Å². The molecule has 0 saturated heterocycles. The highest BCUT2D eigenvalue weighted by Gasteiger charge is 2.23. The van der Waals surface area contributed by atoms with E-state index in [9.17, 15) is 4.79 Å². The number of halogens is 1. The molecule has 1 amide bonds. The third-order valence-electron chi connectivity index (χ3n) is 4.12. The zero-order chi connectivity index (χ0) is 17.9. The molecule has 1 aromatic carbocycles. The lowest BCUT2D eigenvalue weighted by Crippen LogP contribution is -2.32. The first-order valence-corrected chi connectivity index (χ1v) is 9.94. The van der Waals surface area contributed by atoms with Crippen LogP contribution in [-0.2, 0) is 11.2 Å². The molecule has 0 radical (unpaired) electrons. The first kappa shape index (κ1) is 17.2. The van der Waals surface area contributed by atoms with Crippen molar-refractivity contribution in [3.63, 3.8) is 0 Å². The number of rotatable bonds is 5. The normalized spacial score (nSPS) is 16.0. The van der Waals surface area contributed by atoms with Crippen LogP contribution in [0.25, 0.3) is 10.7 Å². The van der Waals surface area contributed by atoms with E-state index in [1.807, 2.05) is 35.7 Å². The Morgan fingerprint density at radius 2 is 2.31 bits per heavy atom. The molecule has 2 aromatic heterocycles. The molecule has 134 valence electrons. The van der Waals surface area contributed by atoms with Crippen molar-refractivity contribution >= 4 is 33.2 Å². The van der Waals surface area contributed by atoms with Gasteiger partial charge in [0.15, 0.2) is 0 Å². The SMILES string of the molecule is O=C(CCc1nc(-c2cccs2)no1)NC1CCOc2ccc(Br)cc21. The molecular weight excluding hydrogens is 418 g/mol. The number of amides is 1. The van der Waals surface area contributed by atoms with Crippen molar-refractivity contribution in [3.8, 4) is 16.5 Å². The fraction of sp³-hybridized carbons (Fsp3) is 0.278. The number of fused-ring (bicyclic) bond motifs is 1. The summed E-state index contributed by atoms with van der Waals surface area (Å²) in [6.45, 7) is 0.591. The Labute approximate surface area is 162 Å². The number of aryl methyl sites for hydroxylation is 1. The Kier molecular flexibility index (Phi) is 5.03. The van der Waals surface area contributed by atoms with Crippen molar-refractivity contribution in [2.75, 3.05) is 6.61 Å². The molecule has 0 fully saturated rings. The lowest BCUT2D eigenvalue weighted by atomic mass is 10.0. The van der Waals surface area contributed by atoms with E-state index in [1.165, 1.54) is 0 Å². The smallest absolute Gasteiger partial charge is 0.227 e. The highest BCUT2D eigenvalue weighted by Crippen LogP contribution is 2.34. The van der Waals surface area contributed by atoms with Crippen LogP contribution in [0.1, 0.15) is 30.3 Å². The van der Waals surface area contributed by atoms with Crippen LogP contribution in [0.3, 0.4) is 0 Å². The molecule has 4 rings (SSSR count). The van der Waals surface area contributed by atoms with Crippen LogP contribution in [0, 0.1) is 0 Å². The molecule has 1 atom stereocenters. The summed E-state index contributed by atoms with van der Waals surface area (Å²) in [5, 5.41) is 9.00. The minimum Gasteiger partial charge on any atom is -0.493 e. The minimum atomic E-state index is -0.0480. The Hall–Kier alpha value is -2.19. The minimum absolute atomic E-state index is 0.0429. The topological polar surface area (TPSA) is 77.2 Å². The van der Waals surface area contributed by atoms with Crippen LogP contribution in [-0.4, -0.2) is 22.7 Å². The van der Waals surface area contributed by atoms with Gasteiger partial charge in [-0.2, -0.15) is 4.98 Å². The van der Waals surface area contributed by atoms with E-state index in [1.54, 1.807) is 11.3 Å². The first-order chi connectivity index (χ1) is 12.7. The second kappa shape index (κ2) is 7.59. The van der Waals surface area contributed by atoms with Gasteiger partial charge in [-0.25, -0.2) is 0 Å². The number of thiophene rings is 1. The lowest BCUT2D eigenvalue weighted by Gasteiger charge is -2.26.